The van der Waals surface area contributed by atoms with E-state index in [1.807, 2.05) is 7.05 Å². The standard InChI is InChI=1S/C13H22N2O2S/c1-15(9-10-5-2-3-8-17-10)12(16)13(11(14)18)6-4-7-13/h10H,2-9H2,1H3,(H2,14,18). The Morgan fingerprint density at radius 2 is 2.17 bits per heavy atom. The molecule has 2 aliphatic rings. The molecule has 2 N–H and O–H groups in total. The first-order chi connectivity index (χ1) is 8.56. The van der Waals surface area contributed by atoms with Crippen LogP contribution in [0.25, 0.3) is 0 Å². The molecule has 1 heterocycles. The molecule has 5 heteroatoms. The van der Waals surface area contributed by atoms with Crippen LogP contribution in [0.5, 0.6) is 0 Å². The quantitative estimate of drug-likeness (QED) is 0.786. The number of carbonyl (C=O) groups is 1. The zero-order valence-electron chi connectivity index (χ0n) is 11.0. The average molecular weight is 270 g/mol. The van der Waals surface area contributed by atoms with E-state index in [-0.39, 0.29) is 12.0 Å². The summed E-state index contributed by atoms with van der Waals surface area (Å²) in [6, 6.07) is 0. The highest BCUT2D eigenvalue weighted by Crippen LogP contribution is 2.42. The molecule has 1 saturated heterocycles. The maximum atomic E-state index is 12.5. The van der Waals surface area contributed by atoms with E-state index in [4.69, 9.17) is 22.7 Å². The Morgan fingerprint density at radius 1 is 1.44 bits per heavy atom. The lowest BCUT2D eigenvalue weighted by Crippen LogP contribution is -2.54. The third kappa shape index (κ3) is 2.52. The minimum Gasteiger partial charge on any atom is -0.392 e. The maximum absolute atomic E-state index is 12.5. The molecule has 0 radical (unpaired) electrons. The van der Waals surface area contributed by atoms with Gasteiger partial charge < -0.3 is 15.4 Å². The molecule has 1 aliphatic carbocycles. The molecular formula is C13H22N2O2S. The third-order valence-corrected chi connectivity index (χ3v) is 4.58. The van der Waals surface area contributed by atoms with Gasteiger partial charge in [-0.1, -0.05) is 18.6 Å². The average Bonchev–Trinajstić information content (AvgIpc) is 2.28. The van der Waals surface area contributed by atoms with Crippen molar-refractivity contribution in [3.63, 3.8) is 0 Å². The number of ether oxygens (including phenoxy) is 1. The maximum Gasteiger partial charge on any atom is 0.235 e. The lowest BCUT2D eigenvalue weighted by molar-refractivity contribution is -0.142. The van der Waals surface area contributed by atoms with Crippen molar-refractivity contribution < 1.29 is 9.53 Å². The van der Waals surface area contributed by atoms with Gasteiger partial charge in [-0.2, -0.15) is 0 Å². The van der Waals surface area contributed by atoms with Crippen LogP contribution >= 0.6 is 12.2 Å². The van der Waals surface area contributed by atoms with Gasteiger partial charge in [0, 0.05) is 20.2 Å². The third-order valence-electron chi connectivity index (χ3n) is 4.19. The summed E-state index contributed by atoms with van der Waals surface area (Å²) in [6.45, 7) is 1.47. The van der Waals surface area contributed by atoms with Crippen LogP contribution in [0.15, 0.2) is 0 Å². The summed E-state index contributed by atoms with van der Waals surface area (Å²) in [5.41, 5.74) is 5.20. The molecule has 4 nitrogen and oxygen atoms in total. The molecular weight excluding hydrogens is 248 g/mol. The number of hydrogen-bond acceptors (Lipinski definition) is 3. The van der Waals surface area contributed by atoms with Gasteiger partial charge in [-0.05, 0) is 32.1 Å². The van der Waals surface area contributed by atoms with E-state index in [2.05, 4.69) is 0 Å². The Hall–Kier alpha value is -0.680. The largest absolute Gasteiger partial charge is 0.392 e. The lowest BCUT2D eigenvalue weighted by atomic mass is 9.67. The van der Waals surface area contributed by atoms with Gasteiger partial charge in [0.2, 0.25) is 5.91 Å². The Balaban J connectivity index is 1.93. The van der Waals surface area contributed by atoms with Crippen LogP contribution in [0.4, 0.5) is 0 Å². The van der Waals surface area contributed by atoms with Crippen LogP contribution in [-0.2, 0) is 9.53 Å². The number of carbonyl (C=O) groups excluding carboxylic acids is 1. The number of thiocarbonyl (C=S) groups is 1. The Morgan fingerprint density at radius 3 is 2.61 bits per heavy atom. The van der Waals surface area contributed by atoms with Crippen molar-refractivity contribution >= 4 is 23.1 Å². The first kappa shape index (κ1) is 13.7. The number of nitrogens with two attached hydrogens (primary N) is 1. The van der Waals surface area contributed by atoms with Crippen LogP contribution in [0.3, 0.4) is 0 Å². The minimum absolute atomic E-state index is 0.0791. The van der Waals surface area contributed by atoms with Gasteiger partial charge in [0.1, 0.15) is 0 Å². The van der Waals surface area contributed by atoms with Crippen molar-refractivity contribution in [2.24, 2.45) is 11.1 Å². The number of likely N-dealkylation sites (N-methyl/N-ethyl adjacent to an activating group) is 1. The summed E-state index contributed by atoms with van der Waals surface area (Å²) >= 11 is 5.08. The fourth-order valence-corrected chi connectivity index (χ4v) is 3.09. The van der Waals surface area contributed by atoms with Crippen LogP contribution < -0.4 is 5.73 Å². The van der Waals surface area contributed by atoms with Crippen molar-refractivity contribution in [1.82, 2.24) is 4.90 Å². The monoisotopic (exact) mass is 270 g/mol. The smallest absolute Gasteiger partial charge is 0.235 e. The molecule has 0 aromatic heterocycles. The molecule has 1 amide bonds. The molecule has 102 valence electrons. The summed E-state index contributed by atoms with van der Waals surface area (Å²) in [7, 11) is 1.83. The van der Waals surface area contributed by atoms with E-state index < -0.39 is 5.41 Å². The second-order valence-corrected chi connectivity index (χ2v) is 5.91. The molecule has 0 aromatic carbocycles. The van der Waals surface area contributed by atoms with E-state index in [1.165, 1.54) is 6.42 Å². The van der Waals surface area contributed by atoms with E-state index in [0.29, 0.717) is 11.5 Å². The van der Waals surface area contributed by atoms with Crippen molar-refractivity contribution in [2.75, 3.05) is 20.2 Å². The zero-order valence-corrected chi connectivity index (χ0v) is 11.8. The highest BCUT2D eigenvalue weighted by atomic mass is 32.1. The van der Waals surface area contributed by atoms with Gasteiger partial charge >= 0.3 is 0 Å². The first-order valence-corrected chi connectivity index (χ1v) is 7.14. The van der Waals surface area contributed by atoms with Crippen LogP contribution in [0.1, 0.15) is 38.5 Å². The predicted octanol–water partition coefficient (Wildman–Crippen LogP) is 1.47. The Bertz CT molecular complexity index is 336. The van der Waals surface area contributed by atoms with Gasteiger partial charge in [-0.3, -0.25) is 4.79 Å². The highest BCUT2D eigenvalue weighted by molar-refractivity contribution is 7.80. The number of hydrogen-bond donors (Lipinski definition) is 1. The van der Waals surface area contributed by atoms with Crippen LogP contribution in [0, 0.1) is 5.41 Å². The van der Waals surface area contributed by atoms with E-state index in [1.54, 1.807) is 4.90 Å². The fraction of sp³-hybridized carbons (Fsp3) is 0.846. The molecule has 0 bridgehead atoms. The van der Waals surface area contributed by atoms with Gasteiger partial charge in [0.25, 0.3) is 0 Å². The van der Waals surface area contributed by atoms with Gasteiger partial charge in [0.15, 0.2) is 0 Å². The first-order valence-electron chi connectivity index (χ1n) is 6.73. The van der Waals surface area contributed by atoms with Crippen LogP contribution in [0.2, 0.25) is 0 Å². The molecule has 2 fully saturated rings. The summed E-state index contributed by atoms with van der Waals surface area (Å²) in [4.78, 5) is 14.6. The van der Waals surface area contributed by atoms with Crippen LogP contribution in [-0.4, -0.2) is 42.1 Å². The molecule has 1 unspecified atom stereocenters. The van der Waals surface area contributed by atoms with Crippen molar-refractivity contribution in [3.8, 4) is 0 Å². The van der Waals surface area contributed by atoms with Crippen molar-refractivity contribution in [2.45, 2.75) is 44.6 Å². The van der Waals surface area contributed by atoms with Gasteiger partial charge in [0.05, 0.1) is 16.5 Å². The van der Waals surface area contributed by atoms with Crippen molar-refractivity contribution in [1.29, 1.82) is 0 Å². The molecule has 1 atom stereocenters. The number of nitrogens with zero attached hydrogens (tertiary/aromatic N) is 1. The number of rotatable bonds is 4. The van der Waals surface area contributed by atoms with E-state index in [0.717, 1.165) is 38.7 Å². The molecule has 2 rings (SSSR count). The van der Waals surface area contributed by atoms with Gasteiger partial charge in [-0.15, -0.1) is 0 Å². The summed E-state index contributed by atoms with van der Waals surface area (Å²) in [5.74, 6) is 0.0791. The lowest BCUT2D eigenvalue weighted by Gasteiger charge is -2.42. The van der Waals surface area contributed by atoms with E-state index >= 15 is 0 Å². The predicted molar refractivity (Wildman–Crippen MR) is 74.3 cm³/mol. The van der Waals surface area contributed by atoms with Gasteiger partial charge in [-0.25, -0.2) is 0 Å². The zero-order chi connectivity index (χ0) is 13.2. The molecule has 18 heavy (non-hydrogen) atoms. The minimum atomic E-state index is -0.557. The molecule has 0 aromatic rings. The topological polar surface area (TPSA) is 55.6 Å². The second-order valence-electron chi connectivity index (χ2n) is 5.47. The molecule has 1 aliphatic heterocycles. The Kier molecular flexibility index (Phi) is 4.22. The molecule has 1 saturated carbocycles. The second kappa shape index (κ2) is 5.53. The summed E-state index contributed by atoms with van der Waals surface area (Å²) in [5, 5.41) is 0. The van der Waals surface area contributed by atoms with Crippen molar-refractivity contribution in [3.05, 3.63) is 0 Å². The fourth-order valence-electron chi connectivity index (χ4n) is 2.80. The Labute approximate surface area is 114 Å². The highest BCUT2D eigenvalue weighted by Gasteiger charge is 2.48. The number of amides is 1. The summed E-state index contributed by atoms with van der Waals surface area (Å²) in [6.07, 6.45) is 6.18. The summed E-state index contributed by atoms with van der Waals surface area (Å²) < 4.78 is 5.67. The molecule has 0 spiro atoms. The SMILES string of the molecule is CN(CC1CCCCO1)C(=O)C1(C(N)=S)CCC1. The normalized spacial score (nSPS) is 26.2. The van der Waals surface area contributed by atoms with E-state index in [9.17, 15) is 4.79 Å².